The molecule has 0 aliphatic heterocycles. The van der Waals surface area contributed by atoms with E-state index in [1.807, 2.05) is 66.3 Å². The van der Waals surface area contributed by atoms with Gasteiger partial charge in [-0.15, -0.1) is 11.3 Å². The zero-order valence-electron chi connectivity index (χ0n) is 18.0. The monoisotopic (exact) mass is 447 g/mol. The minimum atomic E-state index is -1.13. The first-order valence-electron chi connectivity index (χ1n) is 10.6. The molecule has 0 aliphatic rings. The summed E-state index contributed by atoms with van der Waals surface area (Å²) in [6.07, 6.45) is 1.13. The number of rotatable bonds is 8. The zero-order valence-corrected chi connectivity index (χ0v) is 18.8. The summed E-state index contributed by atoms with van der Waals surface area (Å²) < 4.78 is 8.70. The van der Waals surface area contributed by atoms with Crippen LogP contribution in [0.25, 0.3) is 10.2 Å². The van der Waals surface area contributed by atoms with Gasteiger partial charge in [0.2, 0.25) is 6.10 Å². The van der Waals surface area contributed by atoms with Crippen LogP contribution in [0.4, 0.5) is 0 Å². The van der Waals surface area contributed by atoms with Gasteiger partial charge in [0.1, 0.15) is 5.69 Å². The Morgan fingerprint density at radius 3 is 2.59 bits per heavy atom. The fourth-order valence-corrected chi connectivity index (χ4v) is 4.48. The summed E-state index contributed by atoms with van der Waals surface area (Å²) in [7, 11) is 0. The lowest BCUT2D eigenvalue weighted by Gasteiger charge is -2.19. The summed E-state index contributed by atoms with van der Waals surface area (Å²) in [5, 5.41) is 4.88. The maximum Gasteiger partial charge on any atom is 0.356 e. The van der Waals surface area contributed by atoms with E-state index in [9.17, 15) is 9.59 Å². The van der Waals surface area contributed by atoms with Crippen LogP contribution >= 0.6 is 11.3 Å². The van der Waals surface area contributed by atoms with Gasteiger partial charge in [-0.1, -0.05) is 36.4 Å². The van der Waals surface area contributed by atoms with E-state index in [0.29, 0.717) is 24.4 Å². The van der Waals surface area contributed by atoms with E-state index >= 15 is 0 Å². The van der Waals surface area contributed by atoms with Gasteiger partial charge in [-0.25, -0.2) is 4.79 Å². The van der Waals surface area contributed by atoms with Gasteiger partial charge in [-0.05, 0) is 55.5 Å². The Balaban J connectivity index is 1.53. The molecule has 1 unspecified atom stereocenters. The minimum Gasteiger partial charge on any atom is -0.441 e. The second-order valence-electron chi connectivity index (χ2n) is 7.73. The Labute approximate surface area is 190 Å². The average Bonchev–Trinajstić information content (AvgIpc) is 3.40. The summed E-state index contributed by atoms with van der Waals surface area (Å²) in [6.45, 7) is 4.46. The highest BCUT2D eigenvalue weighted by Crippen LogP contribution is 2.30. The molecule has 0 spiro atoms. The molecular weight excluding hydrogens is 422 g/mol. The van der Waals surface area contributed by atoms with Crippen molar-refractivity contribution in [3.63, 3.8) is 0 Å². The van der Waals surface area contributed by atoms with E-state index in [2.05, 4.69) is 10.3 Å². The van der Waals surface area contributed by atoms with E-state index in [0.717, 1.165) is 15.8 Å². The second kappa shape index (κ2) is 9.78. The third-order valence-corrected chi connectivity index (χ3v) is 6.01. The summed E-state index contributed by atoms with van der Waals surface area (Å²) >= 11 is 1.57. The van der Waals surface area contributed by atoms with E-state index in [1.54, 1.807) is 35.7 Å². The largest absolute Gasteiger partial charge is 0.441 e. The molecule has 0 fully saturated rings. The van der Waals surface area contributed by atoms with Crippen LogP contribution in [0.3, 0.4) is 0 Å². The summed E-state index contributed by atoms with van der Waals surface area (Å²) in [4.78, 5) is 30.4. The topological polar surface area (TPSA) is 73.2 Å². The highest BCUT2D eigenvalue weighted by Gasteiger charge is 2.29. The van der Waals surface area contributed by atoms with Gasteiger partial charge < -0.3 is 14.6 Å². The van der Waals surface area contributed by atoms with Crippen molar-refractivity contribution in [2.75, 3.05) is 6.54 Å². The molecule has 0 bridgehead atoms. The van der Waals surface area contributed by atoms with Gasteiger partial charge >= 0.3 is 5.97 Å². The Kier molecular flexibility index (Phi) is 6.66. The predicted molar refractivity (Wildman–Crippen MR) is 126 cm³/mol. The first-order valence-corrected chi connectivity index (χ1v) is 11.4. The first kappa shape index (κ1) is 21.8. The molecule has 3 aromatic heterocycles. The predicted octanol–water partition coefficient (Wildman–Crippen LogP) is 4.94. The number of aromatic nitrogens is 2. The molecule has 32 heavy (non-hydrogen) atoms. The van der Waals surface area contributed by atoms with Crippen LogP contribution in [-0.2, 0) is 16.0 Å². The van der Waals surface area contributed by atoms with Gasteiger partial charge in [0.15, 0.2) is 0 Å². The van der Waals surface area contributed by atoms with E-state index in [-0.39, 0.29) is 6.04 Å². The molecule has 0 radical (unpaired) electrons. The fourth-order valence-electron chi connectivity index (χ4n) is 3.67. The number of nitrogens with zero attached hydrogens (tertiary/aromatic N) is 2. The maximum atomic E-state index is 13.2. The first-order chi connectivity index (χ1) is 15.5. The standard InChI is InChI=1S/C25H25N3O3S/c1-17(2)28-20-12-15-32-22(20)16-21(28)25(30)31-23(19-10-6-7-13-26-19)24(29)27-14-11-18-8-4-3-5-9-18/h3-10,12-13,15-17,23H,11,14H2,1-2H3,(H,27,29). The van der Waals surface area contributed by atoms with Gasteiger partial charge in [0.25, 0.3) is 5.91 Å². The van der Waals surface area contributed by atoms with Crippen LogP contribution in [-0.4, -0.2) is 28.0 Å². The molecule has 7 heteroatoms. The highest BCUT2D eigenvalue weighted by atomic mass is 32.1. The third kappa shape index (κ3) is 4.73. The van der Waals surface area contributed by atoms with Crippen LogP contribution in [0.5, 0.6) is 0 Å². The van der Waals surface area contributed by atoms with Crippen molar-refractivity contribution in [1.29, 1.82) is 0 Å². The van der Waals surface area contributed by atoms with Crippen molar-refractivity contribution >= 4 is 33.4 Å². The quantitative estimate of drug-likeness (QED) is 0.389. The van der Waals surface area contributed by atoms with Crippen molar-refractivity contribution in [2.24, 2.45) is 0 Å². The summed E-state index contributed by atoms with van der Waals surface area (Å²) in [5.74, 6) is -0.937. The molecule has 4 rings (SSSR count). The van der Waals surface area contributed by atoms with E-state index in [4.69, 9.17) is 4.74 Å². The molecule has 0 saturated carbocycles. The van der Waals surface area contributed by atoms with Gasteiger partial charge in [-0.2, -0.15) is 0 Å². The Morgan fingerprint density at radius 2 is 1.88 bits per heavy atom. The lowest BCUT2D eigenvalue weighted by atomic mass is 10.1. The molecule has 164 valence electrons. The van der Waals surface area contributed by atoms with Gasteiger partial charge in [0, 0.05) is 18.8 Å². The number of fused-ring (bicyclic) bond motifs is 1. The second-order valence-corrected chi connectivity index (χ2v) is 8.68. The number of amides is 1. The Hall–Kier alpha value is -3.45. The van der Waals surface area contributed by atoms with Crippen molar-refractivity contribution in [3.8, 4) is 0 Å². The zero-order chi connectivity index (χ0) is 22.5. The number of carbonyl (C=O) groups excluding carboxylic acids is 2. The lowest BCUT2D eigenvalue weighted by Crippen LogP contribution is -2.34. The SMILES string of the molecule is CC(C)n1c(C(=O)OC(C(=O)NCCc2ccccc2)c2ccccn2)cc2sccc21. The molecule has 1 atom stereocenters. The van der Waals surface area contributed by atoms with Crippen molar-refractivity contribution in [2.45, 2.75) is 32.4 Å². The van der Waals surface area contributed by atoms with Crippen LogP contribution in [0.1, 0.15) is 47.7 Å². The van der Waals surface area contributed by atoms with Gasteiger partial charge in [-0.3, -0.25) is 9.78 Å². The molecule has 3 heterocycles. The molecular formula is C25H25N3O3S. The molecule has 0 saturated heterocycles. The number of pyridine rings is 1. The number of esters is 1. The number of hydrogen-bond acceptors (Lipinski definition) is 5. The third-order valence-electron chi connectivity index (χ3n) is 5.16. The number of carbonyl (C=O) groups is 2. The lowest BCUT2D eigenvalue weighted by molar-refractivity contribution is -0.130. The number of hydrogen-bond donors (Lipinski definition) is 1. The average molecular weight is 448 g/mol. The molecule has 1 aromatic carbocycles. The number of nitrogens with one attached hydrogen (secondary N) is 1. The van der Waals surface area contributed by atoms with Crippen LogP contribution in [0.15, 0.2) is 72.2 Å². The molecule has 1 amide bonds. The number of ether oxygens (including phenoxy) is 1. The molecule has 0 aliphatic carbocycles. The smallest absolute Gasteiger partial charge is 0.356 e. The Morgan fingerprint density at radius 1 is 1.09 bits per heavy atom. The molecule has 6 nitrogen and oxygen atoms in total. The van der Waals surface area contributed by atoms with Crippen LogP contribution in [0, 0.1) is 0 Å². The number of benzene rings is 1. The summed E-state index contributed by atoms with van der Waals surface area (Å²) in [6, 6.07) is 19.0. The highest BCUT2D eigenvalue weighted by molar-refractivity contribution is 7.17. The van der Waals surface area contributed by atoms with Gasteiger partial charge in [0.05, 0.1) is 15.9 Å². The van der Waals surface area contributed by atoms with E-state index in [1.165, 1.54) is 0 Å². The molecule has 4 aromatic rings. The van der Waals surface area contributed by atoms with Crippen molar-refractivity contribution in [3.05, 3.63) is 89.2 Å². The van der Waals surface area contributed by atoms with Crippen molar-refractivity contribution in [1.82, 2.24) is 14.9 Å². The normalized spacial score (nSPS) is 12.1. The van der Waals surface area contributed by atoms with E-state index < -0.39 is 18.0 Å². The summed E-state index contributed by atoms with van der Waals surface area (Å²) in [5.41, 5.74) is 2.93. The van der Waals surface area contributed by atoms with Crippen LogP contribution in [0.2, 0.25) is 0 Å². The van der Waals surface area contributed by atoms with Crippen molar-refractivity contribution < 1.29 is 14.3 Å². The maximum absolute atomic E-state index is 13.2. The van der Waals surface area contributed by atoms with Crippen LogP contribution < -0.4 is 5.32 Å². The minimum absolute atomic E-state index is 0.0673. The fraction of sp³-hybridized carbons (Fsp3) is 0.240. The Bertz CT molecular complexity index is 1200. The number of thiophene rings is 1. The molecule has 1 N–H and O–H groups in total.